The Morgan fingerprint density at radius 1 is 1.03 bits per heavy atom. The van der Waals surface area contributed by atoms with E-state index in [1.807, 2.05) is 11.0 Å². The van der Waals surface area contributed by atoms with E-state index in [0.717, 1.165) is 29.8 Å². The van der Waals surface area contributed by atoms with Gasteiger partial charge in [0.25, 0.3) is 5.91 Å². The first kappa shape index (κ1) is 18.7. The zero-order valence-corrected chi connectivity index (χ0v) is 15.9. The van der Waals surface area contributed by atoms with Crippen molar-refractivity contribution in [1.29, 1.82) is 0 Å². The highest BCUT2D eigenvalue weighted by Gasteiger charge is 2.28. The third kappa shape index (κ3) is 3.99. The van der Waals surface area contributed by atoms with Crippen LogP contribution in [0.3, 0.4) is 0 Å². The molecule has 0 spiro atoms. The van der Waals surface area contributed by atoms with Gasteiger partial charge >= 0.3 is 0 Å². The first-order valence-corrected chi connectivity index (χ1v) is 9.54. The summed E-state index contributed by atoms with van der Waals surface area (Å²) in [5.74, 6) is -0.447. The molecule has 1 aliphatic heterocycles. The van der Waals surface area contributed by atoms with Crippen LogP contribution in [0, 0.1) is 0 Å². The van der Waals surface area contributed by atoms with Crippen molar-refractivity contribution in [2.75, 3.05) is 13.1 Å². The Hall–Kier alpha value is -3.61. The van der Waals surface area contributed by atoms with Crippen LogP contribution in [0.1, 0.15) is 45.2 Å². The highest BCUT2D eigenvalue weighted by molar-refractivity contribution is 5.94. The summed E-state index contributed by atoms with van der Waals surface area (Å²) in [5, 5.41) is 0. The van der Waals surface area contributed by atoms with Gasteiger partial charge in [-0.15, -0.1) is 0 Å². The van der Waals surface area contributed by atoms with Gasteiger partial charge in [-0.1, -0.05) is 12.1 Å². The van der Waals surface area contributed by atoms with Crippen LogP contribution in [0.15, 0.2) is 61.2 Å². The Labute approximate surface area is 168 Å². The Morgan fingerprint density at radius 2 is 1.86 bits per heavy atom. The Kier molecular flexibility index (Phi) is 5.29. The molecule has 146 valence electrons. The molecule has 0 saturated carbocycles. The number of benzene rings is 1. The molecule has 2 aromatic heterocycles. The smallest absolute Gasteiger partial charge is 0.255 e. The monoisotopic (exact) mass is 387 g/mol. The van der Waals surface area contributed by atoms with Gasteiger partial charge in [0, 0.05) is 54.9 Å². The van der Waals surface area contributed by atoms with Crippen LogP contribution in [0.4, 0.5) is 0 Å². The van der Waals surface area contributed by atoms with Crippen LogP contribution in [0.5, 0.6) is 0 Å². The number of aromatic nitrogens is 3. The lowest BCUT2D eigenvalue weighted by atomic mass is 9.91. The van der Waals surface area contributed by atoms with Gasteiger partial charge < -0.3 is 10.6 Å². The average molecular weight is 387 g/mol. The molecule has 2 amide bonds. The van der Waals surface area contributed by atoms with Gasteiger partial charge in [0.15, 0.2) is 0 Å². The minimum atomic E-state index is -0.483. The summed E-state index contributed by atoms with van der Waals surface area (Å²) >= 11 is 0. The molecule has 1 fully saturated rings. The number of piperidine rings is 1. The lowest BCUT2D eigenvalue weighted by molar-refractivity contribution is 0.0705. The lowest BCUT2D eigenvalue weighted by Gasteiger charge is -2.33. The standard InChI is InChI=1S/C22H21N5O2/c23-21(28)16-5-1-4-15(12-16)19-20(26-10-9-25-19)18-7-3-11-27(14-18)22(29)17-6-2-8-24-13-17/h1-2,4-6,8-10,12-13,18H,3,7,11,14H2,(H2,23,28). The van der Waals surface area contributed by atoms with Gasteiger partial charge in [-0.25, -0.2) is 0 Å². The number of carbonyl (C=O) groups is 2. The van der Waals surface area contributed by atoms with Crippen LogP contribution in [0.25, 0.3) is 11.3 Å². The van der Waals surface area contributed by atoms with E-state index in [2.05, 4.69) is 15.0 Å². The Balaban J connectivity index is 1.63. The molecule has 1 aromatic carbocycles. The quantitative estimate of drug-likeness (QED) is 0.741. The number of rotatable bonds is 4. The van der Waals surface area contributed by atoms with Gasteiger partial charge in [-0.2, -0.15) is 0 Å². The Morgan fingerprint density at radius 3 is 2.66 bits per heavy atom. The largest absolute Gasteiger partial charge is 0.366 e. The summed E-state index contributed by atoms with van der Waals surface area (Å²) in [6.45, 7) is 1.27. The lowest BCUT2D eigenvalue weighted by Crippen LogP contribution is -2.39. The van der Waals surface area contributed by atoms with Gasteiger partial charge in [-0.05, 0) is 37.1 Å². The van der Waals surface area contributed by atoms with Crippen molar-refractivity contribution in [3.8, 4) is 11.3 Å². The molecule has 1 unspecified atom stereocenters. The minimum absolute atomic E-state index is 0.0241. The fourth-order valence-electron chi connectivity index (χ4n) is 3.75. The zero-order chi connectivity index (χ0) is 20.2. The molecule has 0 bridgehead atoms. The molecule has 1 atom stereocenters. The zero-order valence-electron chi connectivity index (χ0n) is 15.9. The van der Waals surface area contributed by atoms with Crippen LogP contribution in [-0.4, -0.2) is 44.8 Å². The van der Waals surface area contributed by atoms with Crippen molar-refractivity contribution in [3.05, 3.63) is 78.0 Å². The maximum absolute atomic E-state index is 12.8. The predicted molar refractivity (Wildman–Crippen MR) is 108 cm³/mol. The molecule has 29 heavy (non-hydrogen) atoms. The molecule has 0 radical (unpaired) electrons. The second-order valence-electron chi connectivity index (χ2n) is 7.07. The number of amides is 2. The van der Waals surface area contributed by atoms with Crippen molar-refractivity contribution in [2.45, 2.75) is 18.8 Å². The molecule has 1 aliphatic rings. The van der Waals surface area contributed by atoms with Crippen molar-refractivity contribution < 1.29 is 9.59 Å². The van der Waals surface area contributed by atoms with Gasteiger partial charge in [0.05, 0.1) is 17.0 Å². The molecular formula is C22H21N5O2. The van der Waals surface area contributed by atoms with Crippen molar-refractivity contribution >= 4 is 11.8 Å². The van der Waals surface area contributed by atoms with E-state index in [-0.39, 0.29) is 11.8 Å². The summed E-state index contributed by atoms with van der Waals surface area (Å²) < 4.78 is 0. The van der Waals surface area contributed by atoms with Crippen molar-refractivity contribution in [1.82, 2.24) is 19.9 Å². The minimum Gasteiger partial charge on any atom is -0.366 e. The number of likely N-dealkylation sites (tertiary alicyclic amines) is 1. The van der Waals surface area contributed by atoms with Gasteiger partial charge in [-0.3, -0.25) is 24.5 Å². The molecule has 7 nitrogen and oxygen atoms in total. The Bertz CT molecular complexity index is 1040. The number of hydrogen-bond donors (Lipinski definition) is 1. The van der Waals surface area contributed by atoms with Crippen LogP contribution in [-0.2, 0) is 0 Å². The topological polar surface area (TPSA) is 102 Å². The SMILES string of the molecule is NC(=O)c1cccc(-c2nccnc2C2CCCN(C(=O)c3cccnc3)C2)c1. The summed E-state index contributed by atoms with van der Waals surface area (Å²) in [7, 11) is 0. The van der Waals surface area contributed by atoms with Crippen molar-refractivity contribution in [3.63, 3.8) is 0 Å². The molecule has 1 saturated heterocycles. The van der Waals surface area contributed by atoms with Crippen LogP contribution in [0.2, 0.25) is 0 Å². The molecule has 3 heterocycles. The summed E-state index contributed by atoms with van der Waals surface area (Å²) in [4.78, 5) is 39.4. The maximum atomic E-state index is 12.8. The maximum Gasteiger partial charge on any atom is 0.255 e. The van der Waals surface area contributed by atoms with E-state index >= 15 is 0 Å². The number of hydrogen-bond acceptors (Lipinski definition) is 5. The number of pyridine rings is 1. The second-order valence-corrected chi connectivity index (χ2v) is 7.07. The number of nitrogens with zero attached hydrogens (tertiary/aromatic N) is 4. The number of nitrogens with two attached hydrogens (primary N) is 1. The fraction of sp³-hybridized carbons (Fsp3) is 0.227. The molecule has 3 aromatic rings. The summed E-state index contributed by atoms with van der Waals surface area (Å²) in [5.41, 5.74) is 8.78. The van der Waals surface area contributed by atoms with Crippen LogP contribution >= 0.6 is 0 Å². The predicted octanol–water partition coefficient (Wildman–Crippen LogP) is 2.66. The second kappa shape index (κ2) is 8.18. The third-order valence-corrected chi connectivity index (χ3v) is 5.15. The summed E-state index contributed by atoms with van der Waals surface area (Å²) in [6, 6.07) is 10.6. The van der Waals surface area contributed by atoms with E-state index in [1.54, 1.807) is 55.1 Å². The molecule has 2 N–H and O–H groups in total. The van der Waals surface area contributed by atoms with E-state index in [0.29, 0.717) is 24.2 Å². The molecule has 7 heteroatoms. The van der Waals surface area contributed by atoms with Gasteiger partial charge in [0.2, 0.25) is 5.91 Å². The molecule has 0 aliphatic carbocycles. The first-order valence-electron chi connectivity index (χ1n) is 9.54. The van der Waals surface area contributed by atoms with Crippen LogP contribution < -0.4 is 5.73 Å². The van der Waals surface area contributed by atoms with E-state index < -0.39 is 5.91 Å². The number of primary amides is 1. The molecule has 4 rings (SSSR count). The van der Waals surface area contributed by atoms with E-state index in [9.17, 15) is 9.59 Å². The van der Waals surface area contributed by atoms with Crippen molar-refractivity contribution in [2.24, 2.45) is 5.73 Å². The fourth-order valence-corrected chi connectivity index (χ4v) is 3.75. The van der Waals surface area contributed by atoms with E-state index in [4.69, 9.17) is 5.73 Å². The average Bonchev–Trinajstić information content (AvgIpc) is 2.79. The highest BCUT2D eigenvalue weighted by Crippen LogP contribution is 2.32. The van der Waals surface area contributed by atoms with E-state index in [1.165, 1.54) is 0 Å². The van der Waals surface area contributed by atoms with Gasteiger partial charge in [0.1, 0.15) is 0 Å². The number of carbonyl (C=O) groups excluding carboxylic acids is 2. The summed E-state index contributed by atoms with van der Waals surface area (Å²) in [6.07, 6.45) is 8.35. The normalized spacial score (nSPS) is 16.4. The highest BCUT2D eigenvalue weighted by atomic mass is 16.2. The third-order valence-electron chi connectivity index (χ3n) is 5.15. The first-order chi connectivity index (χ1) is 14.1. The molecular weight excluding hydrogens is 366 g/mol.